The molecule has 0 aromatic heterocycles. The molecule has 16 heavy (non-hydrogen) atoms. The summed E-state index contributed by atoms with van der Waals surface area (Å²) in [6, 6.07) is 0.772. The first-order valence-electron chi connectivity index (χ1n) is 7.09. The van der Waals surface area contributed by atoms with Gasteiger partial charge in [0, 0.05) is 12.6 Å². The van der Waals surface area contributed by atoms with Crippen LogP contribution in [0.4, 0.5) is 0 Å². The molecule has 0 aliphatic carbocycles. The van der Waals surface area contributed by atoms with Crippen LogP contribution >= 0.6 is 0 Å². The molecule has 1 rings (SSSR count). The van der Waals surface area contributed by atoms with Crippen molar-refractivity contribution in [2.24, 2.45) is 11.8 Å². The third kappa shape index (κ3) is 4.42. The first kappa shape index (κ1) is 14.0. The third-order valence-electron chi connectivity index (χ3n) is 4.21. The Kier molecular flexibility index (Phi) is 6.37. The van der Waals surface area contributed by atoms with E-state index in [-0.39, 0.29) is 0 Å². The molecule has 96 valence electrons. The van der Waals surface area contributed by atoms with E-state index >= 15 is 0 Å². The van der Waals surface area contributed by atoms with Gasteiger partial charge in [0.15, 0.2) is 0 Å². The normalized spacial score (nSPS) is 29.2. The summed E-state index contributed by atoms with van der Waals surface area (Å²) in [6.07, 6.45) is 4.04. The fraction of sp³-hybridized carbons (Fsp3) is 1.00. The second-order valence-corrected chi connectivity index (χ2v) is 5.58. The van der Waals surface area contributed by atoms with Crippen molar-refractivity contribution in [3.63, 3.8) is 0 Å². The molecule has 1 N–H and O–H groups in total. The van der Waals surface area contributed by atoms with Crippen LogP contribution < -0.4 is 5.32 Å². The number of nitrogens with one attached hydrogen (secondary N) is 1. The van der Waals surface area contributed by atoms with Gasteiger partial charge in [0.2, 0.25) is 0 Å². The number of rotatable bonds is 6. The van der Waals surface area contributed by atoms with Crippen molar-refractivity contribution < 1.29 is 0 Å². The summed E-state index contributed by atoms with van der Waals surface area (Å²) >= 11 is 0. The van der Waals surface area contributed by atoms with Crippen LogP contribution in [-0.4, -0.2) is 37.1 Å². The van der Waals surface area contributed by atoms with Crippen LogP contribution in [0.2, 0.25) is 0 Å². The van der Waals surface area contributed by atoms with E-state index in [4.69, 9.17) is 0 Å². The molecule has 0 aromatic carbocycles. The Morgan fingerprint density at radius 3 is 2.69 bits per heavy atom. The number of hydrogen-bond acceptors (Lipinski definition) is 2. The van der Waals surface area contributed by atoms with Gasteiger partial charge in [0.05, 0.1) is 0 Å². The van der Waals surface area contributed by atoms with E-state index in [1.165, 1.54) is 38.9 Å². The second-order valence-electron chi connectivity index (χ2n) is 5.58. The first-order valence-corrected chi connectivity index (χ1v) is 7.09. The summed E-state index contributed by atoms with van der Waals surface area (Å²) in [5.41, 5.74) is 0. The van der Waals surface area contributed by atoms with Crippen LogP contribution in [0.25, 0.3) is 0 Å². The Morgan fingerprint density at radius 2 is 2.06 bits per heavy atom. The fourth-order valence-corrected chi connectivity index (χ4v) is 2.58. The standard InChI is InChI=1S/C14H30N2/c1-5-15-9-6-7-14(4)16-10-8-12(2)13(3)11-16/h12-15H,5-11H2,1-4H3. The molecule has 1 saturated heterocycles. The molecule has 2 heteroatoms. The first-order chi connectivity index (χ1) is 7.65. The maximum absolute atomic E-state index is 3.40. The lowest BCUT2D eigenvalue weighted by Crippen LogP contribution is -2.43. The van der Waals surface area contributed by atoms with Crippen molar-refractivity contribution in [2.45, 2.75) is 53.0 Å². The summed E-state index contributed by atoms with van der Waals surface area (Å²) in [7, 11) is 0. The lowest BCUT2D eigenvalue weighted by Gasteiger charge is -2.39. The second kappa shape index (κ2) is 7.29. The summed E-state index contributed by atoms with van der Waals surface area (Å²) < 4.78 is 0. The van der Waals surface area contributed by atoms with Gasteiger partial charge in [0.1, 0.15) is 0 Å². The SMILES string of the molecule is CCNCCCC(C)N1CCC(C)C(C)C1. The van der Waals surface area contributed by atoms with Crippen molar-refractivity contribution in [2.75, 3.05) is 26.2 Å². The van der Waals surface area contributed by atoms with Gasteiger partial charge in [-0.25, -0.2) is 0 Å². The molecule has 2 nitrogen and oxygen atoms in total. The highest BCUT2D eigenvalue weighted by Crippen LogP contribution is 2.24. The lowest BCUT2D eigenvalue weighted by atomic mass is 9.88. The molecule has 0 aromatic rings. The van der Waals surface area contributed by atoms with Gasteiger partial charge in [-0.15, -0.1) is 0 Å². The number of nitrogens with zero attached hydrogens (tertiary/aromatic N) is 1. The molecule has 3 atom stereocenters. The maximum atomic E-state index is 3.40. The van der Waals surface area contributed by atoms with E-state index in [1.54, 1.807) is 0 Å². The maximum Gasteiger partial charge on any atom is 0.00675 e. The average Bonchev–Trinajstić information content (AvgIpc) is 2.28. The molecule has 0 amide bonds. The van der Waals surface area contributed by atoms with Crippen LogP contribution in [-0.2, 0) is 0 Å². The van der Waals surface area contributed by atoms with Crippen molar-refractivity contribution >= 4 is 0 Å². The molecule has 0 radical (unpaired) electrons. The molecular formula is C14H30N2. The van der Waals surface area contributed by atoms with Crippen LogP contribution in [0.3, 0.4) is 0 Å². The predicted molar refractivity (Wildman–Crippen MR) is 71.8 cm³/mol. The van der Waals surface area contributed by atoms with E-state index in [1.807, 2.05) is 0 Å². The Morgan fingerprint density at radius 1 is 1.31 bits per heavy atom. The largest absolute Gasteiger partial charge is 0.317 e. The van der Waals surface area contributed by atoms with E-state index < -0.39 is 0 Å². The minimum absolute atomic E-state index is 0.772. The molecule has 0 saturated carbocycles. The van der Waals surface area contributed by atoms with E-state index in [0.717, 1.165) is 24.4 Å². The van der Waals surface area contributed by atoms with Gasteiger partial charge >= 0.3 is 0 Å². The molecular weight excluding hydrogens is 196 g/mol. The summed E-state index contributed by atoms with van der Waals surface area (Å²) in [5.74, 6) is 1.80. The smallest absolute Gasteiger partial charge is 0.00675 e. The third-order valence-corrected chi connectivity index (χ3v) is 4.21. The van der Waals surface area contributed by atoms with Gasteiger partial charge in [-0.1, -0.05) is 20.8 Å². The molecule has 1 aliphatic rings. The number of likely N-dealkylation sites (tertiary alicyclic amines) is 1. The highest BCUT2D eigenvalue weighted by Gasteiger charge is 2.25. The molecule has 1 aliphatic heterocycles. The quantitative estimate of drug-likeness (QED) is 0.701. The average molecular weight is 226 g/mol. The molecule has 1 fully saturated rings. The minimum atomic E-state index is 0.772. The Labute approximate surface area is 102 Å². The number of hydrogen-bond donors (Lipinski definition) is 1. The molecule has 0 spiro atoms. The van der Waals surface area contributed by atoms with Crippen LogP contribution in [0.15, 0.2) is 0 Å². The number of piperidine rings is 1. The zero-order valence-corrected chi connectivity index (χ0v) is 11.6. The zero-order chi connectivity index (χ0) is 12.0. The lowest BCUT2D eigenvalue weighted by molar-refractivity contribution is 0.0978. The van der Waals surface area contributed by atoms with Gasteiger partial charge in [-0.3, -0.25) is 0 Å². The topological polar surface area (TPSA) is 15.3 Å². The highest BCUT2D eigenvalue weighted by molar-refractivity contribution is 4.78. The van der Waals surface area contributed by atoms with Crippen molar-refractivity contribution in [3.05, 3.63) is 0 Å². The summed E-state index contributed by atoms with van der Waals surface area (Å²) in [6.45, 7) is 14.3. The van der Waals surface area contributed by atoms with Crippen LogP contribution in [0, 0.1) is 11.8 Å². The Balaban J connectivity index is 2.18. The summed E-state index contributed by atoms with van der Waals surface area (Å²) in [5, 5.41) is 3.40. The van der Waals surface area contributed by atoms with Gasteiger partial charge in [0.25, 0.3) is 0 Å². The van der Waals surface area contributed by atoms with Gasteiger partial charge < -0.3 is 10.2 Å². The Hall–Kier alpha value is -0.0800. The van der Waals surface area contributed by atoms with E-state index in [2.05, 4.69) is 37.9 Å². The zero-order valence-electron chi connectivity index (χ0n) is 11.6. The van der Waals surface area contributed by atoms with Gasteiger partial charge in [-0.2, -0.15) is 0 Å². The molecule has 3 unspecified atom stereocenters. The van der Waals surface area contributed by atoms with Gasteiger partial charge in [-0.05, 0) is 57.7 Å². The van der Waals surface area contributed by atoms with Crippen molar-refractivity contribution in [1.82, 2.24) is 10.2 Å². The Bertz CT molecular complexity index is 182. The van der Waals surface area contributed by atoms with Crippen molar-refractivity contribution in [3.8, 4) is 0 Å². The fourth-order valence-electron chi connectivity index (χ4n) is 2.58. The minimum Gasteiger partial charge on any atom is -0.317 e. The summed E-state index contributed by atoms with van der Waals surface area (Å²) in [4.78, 5) is 2.69. The van der Waals surface area contributed by atoms with Crippen LogP contribution in [0.5, 0.6) is 0 Å². The highest BCUT2D eigenvalue weighted by atomic mass is 15.2. The van der Waals surface area contributed by atoms with E-state index in [0.29, 0.717) is 0 Å². The van der Waals surface area contributed by atoms with E-state index in [9.17, 15) is 0 Å². The monoisotopic (exact) mass is 226 g/mol. The van der Waals surface area contributed by atoms with Crippen molar-refractivity contribution in [1.29, 1.82) is 0 Å². The van der Waals surface area contributed by atoms with Crippen LogP contribution in [0.1, 0.15) is 47.0 Å². The predicted octanol–water partition coefficient (Wildman–Crippen LogP) is 2.74. The molecule has 0 bridgehead atoms. The molecule has 1 heterocycles.